The minimum Gasteiger partial charge on any atom is -0.480 e. The van der Waals surface area contributed by atoms with E-state index in [1.807, 2.05) is 0 Å². The van der Waals surface area contributed by atoms with E-state index < -0.39 is 24.1 Å². The van der Waals surface area contributed by atoms with Crippen molar-refractivity contribution in [2.24, 2.45) is 5.92 Å². The molecule has 18 heavy (non-hydrogen) atoms. The zero-order valence-corrected chi connectivity index (χ0v) is 9.79. The van der Waals surface area contributed by atoms with Crippen molar-refractivity contribution in [1.82, 2.24) is 5.32 Å². The lowest BCUT2D eigenvalue weighted by Crippen LogP contribution is -2.47. The Kier molecular flexibility index (Phi) is 4.98. The van der Waals surface area contributed by atoms with Gasteiger partial charge >= 0.3 is 18.1 Å². The summed E-state index contributed by atoms with van der Waals surface area (Å²) in [6.07, 6.45) is -0.355. The van der Waals surface area contributed by atoms with Crippen molar-refractivity contribution in [3.05, 3.63) is 0 Å². The number of carbonyl (C=O) groups is 2. The maximum atomic E-state index is 12.0. The summed E-state index contributed by atoms with van der Waals surface area (Å²) in [5.74, 6) is -3.53. The van der Waals surface area contributed by atoms with E-state index in [0.717, 1.165) is 32.1 Å². The van der Waals surface area contributed by atoms with Crippen LogP contribution in [0, 0.1) is 5.92 Å². The van der Waals surface area contributed by atoms with Crippen LogP contribution in [0.15, 0.2) is 0 Å². The minimum absolute atomic E-state index is 0.0666. The van der Waals surface area contributed by atoms with Crippen LogP contribution >= 0.6 is 0 Å². The molecule has 0 heterocycles. The van der Waals surface area contributed by atoms with Crippen LogP contribution in [0.3, 0.4) is 0 Å². The number of carboxylic acid groups (broad SMARTS) is 1. The second-order valence-electron chi connectivity index (χ2n) is 4.60. The van der Waals surface area contributed by atoms with Gasteiger partial charge in [0.25, 0.3) is 0 Å². The molecule has 0 radical (unpaired) electrons. The lowest BCUT2D eigenvalue weighted by atomic mass is 9.85. The van der Waals surface area contributed by atoms with Crippen LogP contribution in [0.25, 0.3) is 0 Å². The Morgan fingerprint density at radius 1 is 1.22 bits per heavy atom. The molecule has 0 aromatic carbocycles. The molecule has 0 saturated heterocycles. The Bertz CT molecular complexity index is 311. The average molecular weight is 267 g/mol. The Morgan fingerprint density at radius 2 is 1.78 bits per heavy atom. The minimum atomic E-state index is -5.04. The highest BCUT2D eigenvalue weighted by Gasteiger charge is 2.41. The molecular weight excluding hydrogens is 251 g/mol. The van der Waals surface area contributed by atoms with E-state index in [2.05, 4.69) is 0 Å². The number of rotatable bonds is 4. The Labute approximate surface area is 103 Å². The normalized spacial score (nSPS) is 19.3. The Balaban J connectivity index is 2.54. The van der Waals surface area contributed by atoms with Gasteiger partial charge in [-0.1, -0.05) is 32.1 Å². The van der Waals surface area contributed by atoms with E-state index in [1.165, 1.54) is 0 Å². The van der Waals surface area contributed by atoms with E-state index in [1.54, 1.807) is 5.32 Å². The van der Waals surface area contributed by atoms with Crippen molar-refractivity contribution < 1.29 is 27.9 Å². The fourth-order valence-corrected chi connectivity index (χ4v) is 2.22. The number of aliphatic carboxylic acids is 1. The Hall–Kier alpha value is -1.27. The van der Waals surface area contributed by atoms with E-state index in [4.69, 9.17) is 5.11 Å². The fraction of sp³-hybridized carbons (Fsp3) is 0.818. The smallest absolute Gasteiger partial charge is 0.471 e. The number of hydrogen-bond donors (Lipinski definition) is 2. The topological polar surface area (TPSA) is 66.4 Å². The predicted molar refractivity (Wildman–Crippen MR) is 56.8 cm³/mol. The number of carboxylic acids is 1. The molecule has 0 spiro atoms. The van der Waals surface area contributed by atoms with Gasteiger partial charge in [-0.3, -0.25) is 4.79 Å². The molecule has 0 aliphatic heterocycles. The third-order valence-corrected chi connectivity index (χ3v) is 3.15. The van der Waals surface area contributed by atoms with Crippen LogP contribution in [-0.2, 0) is 9.59 Å². The summed E-state index contributed by atoms with van der Waals surface area (Å²) in [5.41, 5.74) is 0. The van der Waals surface area contributed by atoms with Crippen molar-refractivity contribution in [3.63, 3.8) is 0 Å². The molecule has 0 bridgehead atoms. The number of halogens is 3. The lowest BCUT2D eigenvalue weighted by molar-refractivity contribution is -0.175. The first kappa shape index (κ1) is 14.8. The maximum Gasteiger partial charge on any atom is 0.471 e. The third-order valence-electron chi connectivity index (χ3n) is 3.15. The first-order valence-electron chi connectivity index (χ1n) is 5.91. The van der Waals surface area contributed by atoms with Gasteiger partial charge < -0.3 is 10.4 Å². The van der Waals surface area contributed by atoms with Crippen LogP contribution in [0.1, 0.15) is 38.5 Å². The van der Waals surface area contributed by atoms with Gasteiger partial charge in [-0.05, 0) is 12.3 Å². The van der Waals surface area contributed by atoms with Gasteiger partial charge in [0.15, 0.2) is 0 Å². The van der Waals surface area contributed by atoms with Crippen molar-refractivity contribution in [1.29, 1.82) is 0 Å². The lowest BCUT2D eigenvalue weighted by Gasteiger charge is -2.25. The first-order chi connectivity index (χ1) is 8.30. The highest BCUT2D eigenvalue weighted by molar-refractivity contribution is 5.86. The third kappa shape index (κ3) is 4.54. The van der Waals surface area contributed by atoms with Crippen LogP contribution in [-0.4, -0.2) is 29.2 Å². The molecule has 1 fully saturated rings. The molecule has 104 valence electrons. The molecule has 0 aromatic rings. The second kappa shape index (κ2) is 6.06. The van der Waals surface area contributed by atoms with Gasteiger partial charge in [0, 0.05) is 0 Å². The monoisotopic (exact) mass is 267 g/mol. The summed E-state index contributed by atoms with van der Waals surface area (Å²) >= 11 is 0. The summed E-state index contributed by atoms with van der Waals surface area (Å²) in [4.78, 5) is 21.6. The van der Waals surface area contributed by atoms with Gasteiger partial charge in [-0.2, -0.15) is 13.2 Å². The van der Waals surface area contributed by atoms with E-state index in [9.17, 15) is 22.8 Å². The van der Waals surface area contributed by atoms with Crippen LogP contribution in [0.4, 0.5) is 13.2 Å². The molecule has 1 amide bonds. The van der Waals surface area contributed by atoms with Crippen molar-refractivity contribution in [2.75, 3.05) is 0 Å². The molecule has 4 nitrogen and oxygen atoms in total. The number of hydrogen-bond acceptors (Lipinski definition) is 2. The molecule has 1 saturated carbocycles. The second-order valence-corrected chi connectivity index (χ2v) is 4.60. The van der Waals surface area contributed by atoms with Crippen molar-refractivity contribution in [2.45, 2.75) is 50.7 Å². The summed E-state index contributed by atoms with van der Waals surface area (Å²) in [6.45, 7) is 0. The average Bonchev–Trinajstić information content (AvgIpc) is 2.28. The molecule has 1 rings (SSSR count). The molecule has 0 aromatic heterocycles. The van der Waals surface area contributed by atoms with Crippen LogP contribution in [0.5, 0.6) is 0 Å². The Morgan fingerprint density at radius 3 is 2.22 bits per heavy atom. The zero-order chi connectivity index (χ0) is 13.8. The van der Waals surface area contributed by atoms with Crippen molar-refractivity contribution in [3.8, 4) is 0 Å². The molecular formula is C11H16F3NO3. The molecule has 1 aliphatic carbocycles. The van der Waals surface area contributed by atoms with Gasteiger partial charge in [0.05, 0.1) is 0 Å². The molecule has 1 aliphatic rings. The van der Waals surface area contributed by atoms with Gasteiger partial charge in [0.2, 0.25) is 0 Å². The maximum absolute atomic E-state index is 12.0. The van der Waals surface area contributed by atoms with Gasteiger partial charge in [-0.15, -0.1) is 0 Å². The fourth-order valence-electron chi connectivity index (χ4n) is 2.22. The number of nitrogens with one attached hydrogen (secondary N) is 1. The summed E-state index contributed by atoms with van der Waals surface area (Å²) in [7, 11) is 0. The number of carbonyl (C=O) groups excluding carboxylic acids is 1. The molecule has 0 unspecified atom stereocenters. The highest BCUT2D eigenvalue weighted by Crippen LogP contribution is 2.27. The first-order valence-corrected chi connectivity index (χ1v) is 5.91. The molecule has 2 N–H and O–H groups in total. The molecule has 7 heteroatoms. The predicted octanol–water partition coefficient (Wildman–Crippen LogP) is 2.09. The number of alkyl halides is 3. The SMILES string of the molecule is O=C(O)[C@H](CC1CCCCC1)NC(=O)C(F)(F)F. The standard InChI is InChI=1S/C11H16F3NO3/c12-11(13,14)10(18)15-8(9(16)17)6-7-4-2-1-3-5-7/h7-8H,1-6H2,(H,15,18)(H,16,17)/t8-/m0/s1. The summed E-state index contributed by atoms with van der Waals surface area (Å²) in [5, 5.41) is 10.4. The highest BCUT2D eigenvalue weighted by atomic mass is 19.4. The van der Waals surface area contributed by atoms with Crippen LogP contribution in [0.2, 0.25) is 0 Å². The summed E-state index contributed by atoms with van der Waals surface area (Å²) in [6, 6.07) is -1.46. The van der Waals surface area contributed by atoms with Crippen LogP contribution < -0.4 is 5.32 Å². The quantitative estimate of drug-likeness (QED) is 0.819. The summed E-state index contributed by atoms with van der Waals surface area (Å²) < 4.78 is 36.1. The van der Waals surface area contributed by atoms with E-state index >= 15 is 0 Å². The van der Waals surface area contributed by atoms with Gasteiger partial charge in [0.1, 0.15) is 6.04 Å². The van der Waals surface area contributed by atoms with E-state index in [-0.39, 0.29) is 12.3 Å². The zero-order valence-electron chi connectivity index (χ0n) is 9.79. The van der Waals surface area contributed by atoms with E-state index in [0.29, 0.717) is 0 Å². The molecule has 1 atom stereocenters. The largest absolute Gasteiger partial charge is 0.480 e. The van der Waals surface area contributed by atoms with Gasteiger partial charge in [-0.25, -0.2) is 4.79 Å². The number of amides is 1. The van der Waals surface area contributed by atoms with Crippen molar-refractivity contribution >= 4 is 11.9 Å².